The summed E-state index contributed by atoms with van der Waals surface area (Å²) in [6, 6.07) is 1.92. The molecule has 0 aliphatic rings. The molecule has 0 bridgehead atoms. The first-order valence-electron chi connectivity index (χ1n) is 5.58. The minimum Gasteiger partial charge on any atom is -0.480 e. The van der Waals surface area contributed by atoms with E-state index in [-0.39, 0.29) is 17.1 Å². The van der Waals surface area contributed by atoms with Gasteiger partial charge in [-0.1, -0.05) is 18.5 Å². The summed E-state index contributed by atoms with van der Waals surface area (Å²) >= 11 is 5.80. The van der Waals surface area contributed by atoms with Crippen molar-refractivity contribution < 1.29 is 19.1 Å². The van der Waals surface area contributed by atoms with Gasteiger partial charge < -0.3 is 15.3 Å². The summed E-state index contributed by atoms with van der Waals surface area (Å²) in [6.45, 7) is 1.65. The summed E-state index contributed by atoms with van der Waals surface area (Å²) in [4.78, 5) is 23.8. The molecule has 0 spiro atoms. The Morgan fingerprint density at radius 1 is 1.53 bits per heavy atom. The standard InChI is InChI=1S/C12H14ClFN2O3/c1-3-10(11(17)18)16(2)12(19)15-9-6-7(14)4-5-8(9)13/h4-6,10H,3H2,1-2H3,(H,15,19)(H,17,18). The highest BCUT2D eigenvalue weighted by Gasteiger charge is 2.25. The third-order valence-corrected chi connectivity index (χ3v) is 2.96. The maximum Gasteiger partial charge on any atom is 0.326 e. The molecule has 2 amide bonds. The topological polar surface area (TPSA) is 69.6 Å². The molecule has 2 N–H and O–H groups in total. The average Bonchev–Trinajstić information content (AvgIpc) is 2.34. The number of amides is 2. The number of aliphatic carboxylic acids is 1. The molecule has 0 aliphatic carbocycles. The first kappa shape index (κ1) is 15.2. The fourth-order valence-corrected chi connectivity index (χ4v) is 1.72. The highest BCUT2D eigenvalue weighted by Crippen LogP contribution is 2.22. The predicted molar refractivity (Wildman–Crippen MR) is 69.9 cm³/mol. The number of hydrogen-bond donors (Lipinski definition) is 2. The number of likely N-dealkylation sites (N-methyl/N-ethyl adjacent to an activating group) is 1. The number of rotatable bonds is 4. The van der Waals surface area contributed by atoms with Crippen LogP contribution in [0.3, 0.4) is 0 Å². The normalized spacial score (nSPS) is 11.8. The van der Waals surface area contributed by atoms with Crippen molar-refractivity contribution in [1.82, 2.24) is 4.90 Å². The van der Waals surface area contributed by atoms with Crippen LogP contribution in [0.1, 0.15) is 13.3 Å². The van der Waals surface area contributed by atoms with Crippen molar-refractivity contribution in [2.75, 3.05) is 12.4 Å². The van der Waals surface area contributed by atoms with E-state index in [4.69, 9.17) is 16.7 Å². The number of nitrogens with one attached hydrogen (secondary N) is 1. The summed E-state index contributed by atoms with van der Waals surface area (Å²) in [5.41, 5.74) is 0.0961. The second kappa shape index (κ2) is 6.38. The van der Waals surface area contributed by atoms with E-state index in [1.165, 1.54) is 13.1 Å². The van der Waals surface area contributed by atoms with Crippen molar-refractivity contribution in [2.45, 2.75) is 19.4 Å². The summed E-state index contributed by atoms with van der Waals surface area (Å²) in [5, 5.41) is 11.5. The molecule has 0 saturated heterocycles. The number of carboxylic acids is 1. The molecular formula is C12H14ClFN2O3. The van der Waals surface area contributed by atoms with E-state index in [0.29, 0.717) is 0 Å². The van der Waals surface area contributed by atoms with E-state index in [1.807, 2.05) is 0 Å². The Labute approximate surface area is 115 Å². The fourth-order valence-electron chi connectivity index (χ4n) is 1.55. The summed E-state index contributed by atoms with van der Waals surface area (Å²) in [6.07, 6.45) is 0.260. The van der Waals surface area contributed by atoms with Crippen molar-refractivity contribution in [3.05, 3.63) is 29.0 Å². The van der Waals surface area contributed by atoms with Crippen LogP contribution in [0.25, 0.3) is 0 Å². The van der Waals surface area contributed by atoms with E-state index in [2.05, 4.69) is 5.32 Å². The number of urea groups is 1. The van der Waals surface area contributed by atoms with Gasteiger partial charge in [0.15, 0.2) is 0 Å². The minimum absolute atomic E-state index is 0.0961. The van der Waals surface area contributed by atoms with Crippen LogP contribution in [0, 0.1) is 5.82 Å². The summed E-state index contributed by atoms with van der Waals surface area (Å²) in [7, 11) is 1.35. The van der Waals surface area contributed by atoms with Crippen LogP contribution in [0.2, 0.25) is 5.02 Å². The van der Waals surface area contributed by atoms with Gasteiger partial charge in [-0.25, -0.2) is 14.0 Å². The van der Waals surface area contributed by atoms with Crippen molar-refractivity contribution >= 4 is 29.3 Å². The number of carbonyl (C=O) groups excluding carboxylic acids is 1. The number of carboxylic acid groups (broad SMARTS) is 1. The van der Waals surface area contributed by atoms with Crippen LogP contribution < -0.4 is 5.32 Å². The lowest BCUT2D eigenvalue weighted by Gasteiger charge is -2.24. The molecule has 1 aromatic rings. The Morgan fingerprint density at radius 3 is 2.68 bits per heavy atom. The third kappa shape index (κ3) is 3.82. The molecule has 0 aliphatic heterocycles. The Kier molecular flexibility index (Phi) is 5.11. The van der Waals surface area contributed by atoms with Crippen LogP contribution in [0.4, 0.5) is 14.9 Å². The minimum atomic E-state index is -1.11. The highest BCUT2D eigenvalue weighted by molar-refractivity contribution is 6.33. The molecule has 0 aromatic heterocycles. The molecule has 0 saturated carbocycles. The zero-order valence-electron chi connectivity index (χ0n) is 10.5. The lowest BCUT2D eigenvalue weighted by atomic mass is 10.2. The Hall–Kier alpha value is -1.82. The molecule has 5 nitrogen and oxygen atoms in total. The van der Waals surface area contributed by atoms with Crippen molar-refractivity contribution in [3.63, 3.8) is 0 Å². The smallest absolute Gasteiger partial charge is 0.326 e. The van der Waals surface area contributed by atoms with Crippen molar-refractivity contribution in [3.8, 4) is 0 Å². The SMILES string of the molecule is CCC(C(=O)O)N(C)C(=O)Nc1cc(F)ccc1Cl. The molecule has 0 heterocycles. The lowest BCUT2D eigenvalue weighted by molar-refractivity contribution is -0.141. The van der Waals surface area contributed by atoms with E-state index in [0.717, 1.165) is 17.0 Å². The van der Waals surface area contributed by atoms with E-state index in [1.54, 1.807) is 6.92 Å². The van der Waals surface area contributed by atoms with Crippen LogP contribution in [0.5, 0.6) is 0 Å². The number of hydrogen-bond acceptors (Lipinski definition) is 2. The number of carbonyl (C=O) groups is 2. The van der Waals surface area contributed by atoms with Gasteiger partial charge in [-0.2, -0.15) is 0 Å². The largest absolute Gasteiger partial charge is 0.480 e. The quantitative estimate of drug-likeness (QED) is 0.895. The molecule has 1 atom stereocenters. The zero-order valence-corrected chi connectivity index (χ0v) is 11.2. The van der Waals surface area contributed by atoms with Crippen molar-refractivity contribution in [1.29, 1.82) is 0 Å². The van der Waals surface area contributed by atoms with Gasteiger partial charge in [0.25, 0.3) is 0 Å². The third-order valence-electron chi connectivity index (χ3n) is 2.63. The molecule has 1 rings (SSSR count). The molecule has 1 unspecified atom stereocenters. The fraction of sp³-hybridized carbons (Fsp3) is 0.333. The maximum absolute atomic E-state index is 13.0. The summed E-state index contributed by atoms with van der Waals surface area (Å²) < 4.78 is 13.0. The number of nitrogens with zero attached hydrogens (tertiary/aromatic N) is 1. The zero-order chi connectivity index (χ0) is 14.6. The van der Waals surface area contributed by atoms with Gasteiger partial charge in [0.2, 0.25) is 0 Å². The second-order valence-corrected chi connectivity index (χ2v) is 4.33. The van der Waals surface area contributed by atoms with E-state index in [9.17, 15) is 14.0 Å². The molecule has 7 heteroatoms. The first-order valence-corrected chi connectivity index (χ1v) is 5.96. The molecule has 1 aromatic carbocycles. The van der Waals surface area contributed by atoms with Crippen LogP contribution in [0.15, 0.2) is 18.2 Å². The van der Waals surface area contributed by atoms with Gasteiger partial charge in [-0.3, -0.25) is 0 Å². The van der Waals surface area contributed by atoms with Gasteiger partial charge >= 0.3 is 12.0 Å². The van der Waals surface area contributed by atoms with Crippen LogP contribution >= 0.6 is 11.6 Å². The van der Waals surface area contributed by atoms with Gasteiger partial charge in [0.05, 0.1) is 10.7 Å². The first-order chi connectivity index (χ1) is 8.86. The molecule has 0 radical (unpaired) electrons. The molecule has 104 valence electrons. The predicted octanol–water partition coefficient (Wildman–Crippen LogP) is 2.81. The van der Waals surface area contributed by atoms with Crippen LogP contribution in [-0.4, -0.2) is 35.1 Å². The second-order valence-electron chi connectivity index (χ2n) is 3.93. The molecule has 19 heavy (non-hydrogen) atoms. The Morgan fingerprint density at radius 2 is 2.16 bits per heavy atom. The van der Waals surface area contributed by atoms with E-state index < -0.39 is 23.9 Å². The maximum atomic E-state index is 13.0. The van der Waals surface area contributed by atoms with Gasteiger partial charge in [0.1, 0.15) is 11.9 Å². The van der Waals surface area contributed by atoms with E-state index >= 15 is 0 Å². The van der Waals surface area contributed by atoms with Crippen LogP contribution in [-0.2, 0) is 4.79 Å². The van der Waals surface area contributed by atoms with Crippen molar-refractivity contribution in [2.24, 2.45) is 0 Å². The monoisotopic (exact) mass is 288 g/mol. The van der Waals surface area contributed by atoms with Gasteiger partial charge in [0, 0.05) is 7.05 Å². The average molecular weight is 289 g/mol. The van der Waals surface area contributed by atoms with Gasteiger partial charge in [-0.05, 0) is 24.6 Å². The molecule has 0 fully saturated rings. The number of benzene rings is 1. The number of halogens is 2. The highest BCUT2D eigenvalue weighted by atomic mass is 35.5. The number of anilines is 1. The Bertz CT molecular complexity index is 496. The van der Waals surface area contributed by atoms with Gasteiger partial charge in [-0.15, -0.1) is 0 Å². The lowest BCUT2D eigenvalue weighted by Crippen LogP contribution is -2.44. The Balaban J connectivity index is 2.84. The summed E-state index contributed by atoms with van der Waals surface area (Å²) in [5.74, 6) is -1.65. The molecular weight excluding hydrogens is 275 g/mol.